The zero-order valence-electron chi connectivity index (χ0n) is 17.3. The molecule has 0 radical (unpaired) electrons. The van der Waals surface area contributed by atoms with Gasteiger partial charge in [-0.05, 0) is 49.7 Å². The van der Waals surface area contributed by atoms with Gasteiger partial charge >= 0.3 is 6.18 Å². The minimum atomic E-state index is -4.46. The first kappa shape index (κ1) is 21.5. The van der Waals surface area contributed by atoms with Crippen molar-refractivity contribution in [3.63, 3.8) is 0 Å². The number of nitrogens with two attached hydrogens (primary N) is 1. The fourth-order valence-corrected chi connectivity index (χ4v) is 3.72. The molecule has 0 saturated carbocycles. The number of pyridine rings is 1. The number of anilines is 2. The van der Waals surface area contributed by atoms with Crippen molar-refractivity contribution in [2.45, 2.75) is 32.5 Å². The zero-order chi connectivity index (χ0) is 23.2. The van der Waals surface area contributed by atoms with Crippen LogP contribution in [0.3, 0.4) is 0 Å². The summed E-state index contributed by atoms with van der Waals surface area (Å²) in [6.07, 6.45) is -1.66. The summed E-state index contributed by atoms with van der Waals surface area (Å²) in [7, 11) is 0. The summed E-state index contributed by atoms with van der Waals surface area (Å²) in [5.41, 5.74) is 6.99. The van der Waals surface area contributed by atoms with Crippen molar-refractivity contribution in [3.8, 4) is 0 Å². The SMILES string of the molecule is Cc1cc(C(=O)Cc2cnn3c2C(=O)N(c2ccc(C(F)(F)F)cc2)C[C@@H]3C)cnc1N. The molecule has 0 unspecified atom stereocenters. The molecule has 166 valence electrons. The molecule has 0 fully saturated rings. The Kier molecular flexibility index (Phi) is 5.23. The predicted octanol–water partition coefficient (Wildman–Crippen LogP) is 3.83. The molecule has 0 spiro atoms. The fourth-order valence-electron chi connectivity index (χ4n) is 3.72. The summed E-state index contributed by atoms with van der Waals surface area (Å²) in [6, 6.07) is 5.84. The van der Waals surface area contributed by atoms with Crippen molar-refractivity contribution in [1.82, 2.24) is 14.8 Å². The lowest BCUT2D eigenvalue weighted by molar-refractivity contribution is -0.137. The number of halogens is 3. The lowest BCUT2D eigenvalue weighted by Gasteiger charge is -2.32. The van der Waals surface area contributed by atoms with E-state index in [0.717, 1.165) is 12.1 Å². The fraction of sp³-hybridized carbons (Fsp3) is 0.273. The molecule has 0 bridgehead atoms. The molecule has 7 nitrogen and oxygen atoms in total. The van der Waals surface area contributed by atoms with E-state index in [1.54, 1.807) is 17.7 Å². The topological polar surface area (TPSA) is 94.1 Å². The van der Waals surface area contributed by atoms with E-state index in [0.29, 0.717) is 28.2 Å². The van der Waals surface area contributed by atoms with E-state index in [-0.39, 0.29) is 30.5 Å². The molecule has 1 aliphatic heterocycles. The Balaban J connectivity index is 1.63. The Hall–Kier alpha value is -3.69. The Morgan fingerprint density at radius 3 is 2.53 bits per heavy atom. The third-order valence-electron chi connectivity index (χ3n) is 5.48. The molecule has 1 atom stereocenters. The molecule has 0 aliphatic carbocycles. The third-order valence-corrected chi connectivity index (χ3v) is 5.48. The van der Waals surface area contributed by atoms with Gasteiger partial charge in [-0.2, -0.15) is 18.3 Å². The molecule has 4 rings (SSSR count). The standard InChI is InChI=1S/C22H20F3N5O2/c1-12-7-14(9-27-20(12)26)18(31)8-15-10-28-30-13(2)11-29(21(32)19(15)30)17-5-3-16(4-6-17)22(23,24)25/h3-7,9-10,13H,8,11H2,1-2H3,(H2,26,27)/t13-/m0/s1. The van der Waals surface area contributed by atoms with Gasteiger partial charge in [0.05, 0.1) is 17.8 Å². The van der Waals surface area contributed by atoms with Gasteiger partial charge in [-0.3, -0.25) is 14.3 Å². The highest BCUT2D eigenvalue weighted by Gasteiger charge is 2.35. The van der Waals surface area contributed by atoms with Crippen LogP contribution < -0.4 is 10.6 Å². The van der Waals surface area contributed by atoms with Gasteiger partial charge in [0, 0.05) is 36.0 Å². The second-order valence-corrected chi connectivity index (χ2v) is 7.80. The molecular weight excluding hydrogens is 423 g/mol. The van der Waals surface area contributed by atoms with E-state index in [2.05, 4.69) is 10.1 Å². The van der Waals surface area contributed by atoms with E-state index in [1.165, 1.54) is 29.4 Å². The second kappa shape index (κ2) is 7.77. The maximum absolute atomic E-state index is 13.2. The first-order valence-corrected chi connectivity index (χ1v) is 9.87. The smallest absolute Gasteiger partial charge is 0.383 e. The number of rotatable bonds is 4. The van der Waals surface area contributed by atoms with Crippen LogP contribution in [0.15, 0.2) is 42.7 Å². The molecule has 3 aromatic rings. The number of carbonyl (C=O) groups is 2. The summed E-state index contributed by atoms with van der Waals surface area (Å²) >= 11 is 0. The Labute approximate surface area is 181 Å². The largest absolute Gasteiger partial charge is 0.416 e. The van der Waals surface area contributed by atoms with Crippen molar-refractivity contribution < 1.29 is 22.8 Å². The average Bonchev–Trinajstić information content (AvgIpc) is 3.16. The highest BCUT2D eigenvalue weighted by atomic mass is 19.4. The molecule has 1 aliphatic rings. The van der Waals surface area contributed by atoms with Crippen molar-refractivity contribution in [1.29, 1.82) is 0 Å². The number of alkyl halides is 3. The number of aryl methyl sites for hydroxylation is 1. The van der Waals surface area contributed by atoms with Crippen LogP contribution in [0.1, 0.15) is 50.5 Å². The number of aromatic nitrogens is 3. The van der Waals surface area contributed by atoms with Crippen LogP contribution in [-0.4, -0.2) is 33.0 Å². The van der Waals surface area contributed by atoms with E-state index >= 15 is 0 Å². The number of nitrogen functional groups attached to an aromatic ring is 1. The average molecular weight is 443 g/mol. The summed E-state index contributed by atoms with van der Waals surface area (Å²) in [5, 5.41) is 4.27. The normalized spacial score (nSPS) is 16.2. The van der Waals surface area contributed by atoms with Crippen LogP contribution in [0.4, 0.5) is 24.7 Å². The highest BCUT2D eigenvalue weighted by molar-refractivity contribution is 6.08. The molecule has 2 N–H and O–H groups in total. The first-order chi connectivity index (χ1) is 15.1. The van der Waals surface area contributed by atoms with E-state index in [4.69, 9.17) is 5.73 Å². The number of ketones is 1. The summed E-state index contributed by atoms with van der Waals surface area (Å²) in [5.74, 6) is -0.334. The van der Waals surface area contributed by atoms with Gasteiger partial charge < -0.3 is 10.6 Å². The van der Waals surface area contributed by atoms with Gasteiger partial charge in [0.25, 0.3) is 5.91 Å². The lowest BCUT2D eigenvalue weighted by atomic mass is 10.0. The quantitative estimate of drug-likeness (QED) is 0.619. The molecule has 32 heavy (non-hydrogen) atoms. The maximum atomic E-state index is 13.2. The number of hydrogen-bond acceptors (Lipinski definition) is 5. The zero-order valence-corrected chi connectivity index (χ0v) is 17.3. The molecule has 2 aromatic heterocycles. The van der Waals surface area contributed by atoms with Crippen LogP contribution >= 0.6 is 0 Å². The van der Waals surface area contributed by atoms with Gasteiger partial charge in [-0.25, -0.2) is 4.98 Å². The molecule has 10 heteroatoms. The van der Waals surface area contributed by atoms with Crippen LogP contribution in [-0.2, 0) is 12.6 Å². The van der Waals surface area contributed by atoms with E-state index in [9.17, 15) is 22.8 Å². The number of nitrogens with zero attached hydrogens (tertiary/aromatic N) is 4. The predicted molar refractivity (Wildman–Crippen MR) is 111 cm³/mol. The number of hydrogen-bond donors (Lipinski definition) is 1. The number of fused-ring (bicyclic) bond motifs is 1. The molecule has 0 saturated heterocycles. The minimum absolute atomic E-state index is 0.0698. The number of benzene rings is 1. The Morgan fingerprint density at radius 2 is 1.91 bits per heavy atom. The monoisotopic (exact) mass is 443 g/mol. The van der Waals surface area contributed by atoms with E-state index in [1.807, 2.05) is 6.92 Å². The number of amides is 1. The Morgan fingerprint density at radius 1 is 1.22 bits per heavy atom. The van der Waals surface area contributed by atoms with Crippen molar-refractivity contribution in [2.24, 2.45) is 0 Å². The van der Waals surface area contributed by atoms with Crippen molar-refractivity contribution >= 4 is 23.2 Å². The van der Waals surface area contributed by atoms with Gasteiger partial charge in [-0.1, -0.05) is 0 Å². The lowest BCUT2D eigenvalue weighted by Crippen LogP contribution is -2.43. The minimum Gasteiger partial charge on any atom is -0.383 e. The molecular formula is C22H20F3N5O2. The summed E-state index contributed by atoms with van der Waals surface area (Å²) < 4.78 is 40.2. The summed E-state index contributed by atoms with van der Waals surface area (Å²) in [6.45, 7) is 3.83. The molecule has 1 amide bonds. The third kappa shape index (κ3) is 3.83. The van der Waals surface area contributed by atoms with Crippen molar-refractivity contribution in [3.05, 3.63) is 70.7 Å². The molecule has 1 aromatic carbocycles. The summed E-state index contributed by atoms with van der Waals surface area (Å²) in [4.78, 5) is 31.4. The van der Waals surface area contributed by atoms with Gasteiger partial charge in [-0.15, -0.1) is 0 Å². The van der Waals surface area contributed by atoms with Crippen molar-refractivity contribution in [2.75, 3.05) is 17.2 Å². The maximum Gasteiger partial charge on any atom is 0.416 e. The Bertz CT molecular complexity index is 1200. The van der Waals surface area contributed by atoms with Gasteiger partial charge in [0.15, 0.2) is 5.78 Å². The van der Waals surface area contributed by atoms with Crippen LogP contribution in [0.2, 0.25) is 0 Å². The number of Topliss-reactive ketones (excluding diaryl/α,β-unsaturated/α-hetero) is 1. The number of carbonyl (C=O) groups excluding carboxylic acids is 2. The van der Waals surface area contributed by atoms with Crippen LogP contribution in [0.5, 0.6) is 0 Å². The van der Waals surface area contributed by atoms with Gasteiger partial charge in [0.2, 0.25) is 0 Å². The van der Waals surface area contributed by atoms with E-state index < -0.39 is 17.6 Å². The second-order valence-electron chi connectivity index (χ2n) is 7.80. The van der Waals surface area contributed by atoms with Gasteiger partial charge in [0.1, 0.15) is 11.5 Å². The highest BCUT2D eigenvalue weighted by Crippen LogP contribution is 2.33. The first-order valence-electron chi connectivity index (χ1n) is 9.87. The van der Waals surface area contributed by atoms with Crippen LogP contribution in [0, 0.1) is 6.92 Å². The molecule has 3 heterocycles. The van der Waals surface area contributed by atoms with Crippen LogP contribution in [0.25, 0.3) is 0 Å².